The fourth-order valence-electron chi connectivity index (χ4n) is 2.52. The molecular weight excluding hydrogens is 358 g/mol. The van der Waals surface area contributed by atoms with Gasteiger partial charge < -0.3 is 10.1 Å². The summed E-state index contributed by atoms with van der Waals surface area (Å²) in [5.41, 5.74) is 1.40. The molecule has 0 aliphatic carbocycles. The molecule has 0 radical (unpaired) electrons. The van der Waals surface area contributed by atoms with Gasteiger partial charge in [0.2, 0.25) is 11.8 Å². The first-order valence-corrected chi connectivity index (χ1v) is 9.20. The van der Waals surface area contributed by atoms with Crippen LogP contribution in [0.3, 0.4) is 0 Å². The second-order valence-corrected chi connectivity index (χ2v) is 6.48. The summed E-state index contributed by atoms with van der Waals surface area (Å²) in [6.07, 6.45) is 1.50. The number of nitrogens with zero attached hydrogens (tertiary/aromatic N) is 1. The van der Waals surface area contributed by atoms with Crippen molar-refractivity contribution in [2.75, 3.05) is 0 Å². The highest BCUT2D eigenvalue weighted by molar-refractivity contribution is 5.99. The average Bonchev–Trinajstić information content (AvgIpc) is 2.71. The van der Waals surface area contributed by atoms with E-state index in [9.17, 15) is 14.4 Å². The molecule has 2 N–H and O–H groups in total. The van der Waals surface area contributed by atoms with E-state index in [1.54, 1.807) is 24.4 Å². The molecule has 7 heteroatoms. The Bertz CT molecular complexity index is 781. The Labute approximate surface area is 164 Å². The Hall–Kier alpha value is -3.22. The van der Waals surface area contributed by atoms with E-state index >= 15 is 0 Å². The Morgan fingerprint density at radius 1 is 1.07 bits per heavy atom. The summed E-state index contributed by atoms with van der Waals surface area (Å²) < 4.78 is 5.18. The van der Waals surface area contributed by atoms with Gasteiger partial charge in [-0.2, -0.15) is 0 Å². The van der Waals surface area contributed by atoms with E-state index in [1.165, 1.54) is 0 Å². The molecule has 0 fully saturated rings. The zero-order valence-corrected chi connectivity index (χ0v) is 16.1. The van der Waals surface area contributed by atoms with Gasteiger partial charge in [0.1, 0.15) is 12.6 Å². The first-order valence-electron chi connectivity index (χ1n) is 9.20. The Morgan fingerprint density at radius 2 is 1.79 bits per heavy atom. The molecule has 2 rings (SSSR count). The number of amides is 3. The van der Waals surface area contributed by atoms with Gasteiger partial charge >= 0.3 is 6.09 Å². The van der Waals surface area contributed by atoms with Crippen molar-refractivity contribution in [1.82, 2.24) is 15.6 Å². The van der Waals surface area contributed by atoms with Crippen LogP contribution in [0, 0.1) is 5.92 Å². The third kappa shape index (κ3) is 6.83. The van der Waals surface area contributed by atoms with Crippen LogP contribution in [0.5, 0.6) is 0 Å². The lowest BCUT2D eigenvalue weighted by molar-refractivity contribution is -0.132. The zero-order valence-electron chi connectivity index (χ0n) is 16.1. The van der Waals surface area contributed by atoms with Gasteiger partial charge in [0, 0.05) is 11.9 Å². The molecule has 0 spiro atoms. The van der Waals surface area contributed by atoms with E-state index in [0.29, 0.717) is 12.1 Å². The number of carbonyl (C=O) groups is 3. The van der Waals surface area contributed by atoms with E-state index in [-0.39, 0.29) is 18.9 Å². The van der Waals surface area contributed by atoms with Crippen molar-refractivity contribution >= 4 is 17.9 Å². The fraction of sp³-hybridized carbons (Fsp3) is 0.333. The number of alkyl carbamates (subject to hydrolysis) is 1. The molecule has 1 heterocycles. The van der Waals surface area contributed by atoms with Crippen LogP contribution in [0.15, 0.2) is 54.7 Å². The summed E-state index contributed by atoms with van der Waals surface area (Å²) >= 11 is 0. The van der Waals surface area contributed by atoms with Crippen molar-refractivity contribution in [1.29, 1.82) is 0 Å². The van der Waals surface area contributed by atoms with E-state index < -0.39 is 23.9 Å². The summed E-state index contributed by atoms with van der Waals surface area (Å²) in [6.45, 7) is 3.82. The van der Waals surface area contributed by atoms with Crippen LogP contribution in [0.2, 0.25) is 0 Å². The topological polar surface area (TPSA) is 97.4 Å². The van der Waals surface area contributed by atoms with Crippen LogP contribution in [0.4, 0.5) is 4.79 Å². The molecule has 2 atom stereocenters. The lowest BCUT2D eigenvalue weighted by atomic mass is 9.98. The molecule has 0 unspecified atom stereocenters. The summed E-state index contributed by atoms with van der Waals surface area (Å²) in [7, 11) is 0. The van der Waals surface area contributed by atoms with Crippen LogP contribution < -0.4 is 10.6 Å². The van der Waals surface area contributed by atoms with E-state index in [2.05, 4.69) is 15.6 Å². The predicted octanol–water partition coefficient (Wildman–Crippen LogP) is 2.61. The number of pyridine rings is 1. The number of imide groups is 1. The van der Waals surface area contributed by atoms with Crippen molar-refractivity contribution in [3.05, 3.63) is 66.0 Å². The monoisotopic (exact) mass is 383 g/mol. The number of nitrogens with one attached hydrogen (secondary N) is 2. The quantitative estimate of drug-likeness (QED) is 0.730. The number of aromatic nitrogens is 1. The molecular formula is C21H25N3O4. The third-order valence-corrected chi connectivity index (χ3v) is 4.31. The molecule has 0 bridgehead atoms. The van der Waals surface area contributed by atoms with Crippen molar-refractivity contribution in [3.63, 3.8) is 0 Å². The van der Waals surface area contributed by atoms with Gasteiger partial charge in [0.05, 0.1) is 6.42 Å². The fourth-order valence-corrected chi connectivity index (χ4v) is 2.52. The average molecular weight is 383 g/mol. The highest BCUT2D eigenvalue weighted by Crippen LogP contribution is 2.09. The summed E-state index contributed by atoms with van der Waals surface area (Å²) in [4.78, 5) is 40.8. The van der Waals surface area contributed by atoms with Gasteiger partial charge in [-0.1, -0.05) is 56.7 Å². The van der Waals surface area contributed by atoms with Crippen molar-refractivity contribution in [2.24, 2.45) is 5.92 Å². The molecule has 0 saturated heterocycles. The van der Waals surface area contributed by atoms with Crippen LogP contribution >= 0.6 is 0 Å². The number of hydrogen-bond donors (Lipinski definition) is 2. The van der Waals surface area contributed by atoms with E-state index in [1.807, 2.05) is 44.2 Å². The molecule has 0 saturated carbocycles. The Morgan fingerprint density at radius 3 is 2.43 bits per heavy atom. The Balaban J connectivity index is 1.91. The highest BCUT2D eigenvalue weighted by atomic mass is 16.5. The van der Waals surface area contributed by atoms with Gasteiger partial charge in [0.25, 0.3) is 0 Å². The molecule has 148 valence electrons. The second kappa shape index (κ2) is 10.8. The van der Waals surface area contributed by atoms with Crippen molar-refractivity contribution in [3.8, 4) is 0 Å². The van der Waals surface area contributed by atoms with Crippen LogP contribution in [0.25, 0.3) is 0 Å². The van der Waals surface area contributed by atoms with Gasteiger partial charge in [-0.05, 0) is 23.6 Å². The maximum Gasteiger partial charge on any atom is 0.408 e. The lowest BCUT2D eigenvalue weighted by Crippen LogP contribution is -2.52. The standard InChI is InChI=1S/C21H25N3O4/c1-3-15(2)19(24-21(27)28-14-16-9-5-4-6-10-16)20(26)23-18(25)13-17-11-7-8-12-22-17/h4-12,15,19H,3,13-14H2,1-2H3,(H,24,27)(H,23,25,26)/t15-,19-/m0/s1. The molecule has 1 aromatic heterocycles. The highest BCUT2D eigenvalue weighted by Gasteiger charge is 2.27. The Kier molecular flexibility index (Phi) is 8.14. The molecule has 1 aromatic carbocycles. The van der Waals surface area contributed by atoms with Gasteiger partial charge in [0.15, 0.2) is 0 Å². The minimum atomic E-state index is -0.874. The molecule has 0 aliphatic heterocycles. The summed E-state index contributed by atoms with van der Waals surface area (Å²) in [5, 5.41) is 4.90. The predicted molar refractivity (Wildman–Crippen MR) is 104 cm³/mol. The molecule has 2 aromatic rings. The molecule has 0 aliphatic rings. The lowest BCUT2D eigenvalue weighted by Gasteiger charge is -2.22. The molecule has 7 nitrogen and oxygen atoms in total. The SMILES string of the molecule is CC[C@H](C)[C@H](NC(=O)OCc1ccccc1)C(=O)NC(=O)Cc1ccccn1. The number of carbonyl (C=O) groups excluding carboxylic acids is 3. The van der Waals surface area contributed by atoms with E-state index in [0.717, 1.165) is 5.56 Å². The van der Waals surface area contributed by atoms with Crippen LogP contribution in [-0.2, 0) is 27.4 Å². The normalized spacial score (nSPS) is 12.5. The van der Waals surface area contributed by atoms with Crippen molar-refractivity contribution < 1.29 is 19.1 Å². The summed E-state index contributed by atoms with van der Waals surface area (Å²) in [5.74, 6) is -1.21. The summed E-state index contributed by atoms with van der Waals surface area (Å²) in [6, 6.07) is 13.6. The first kappa shape index (κ1) is 21.1. The maximum absolute atomic E-state index is 12.5. The van der Waals surface area contributed by atoms with Gasteiger partial charge in [-0.15, -0.1) is 0 Å². The minimum absolute atomic E-state index is 0.0156. The smallest absolute Gasteiger partial charge is 0.408 e. The van der Waals surface area contributed by atoms with Crippen LogP contribution in [-0.4, -0.2) is 28.9 Å². The van der Waals surface area contributed by atoms with Crippen LogP contribution in [0.1, 0.15) is 31.5 Å². The minimum Gasteiger partial charge on any atom is -0.445 e. The second-order valence-electron chi connectivity index (χ2n) is 6.48. The number of ether oxygens (including phenoxy) is 1. The van der Waals surface area contributed by atoms with Crippen molar-refractivity contribution in [2.45, 2.75) is 39.3 Å². The number of hydrogen-bond acceptors (Lipinski definition) is 5. The first-order chi connectivity index (χ1) is 13.5. The third-order valence-electron chi connectivity index (χ3n) is 4.31. The largest absolute Gasteiger partial charge is 0.445 e. The number of rotatable bonds is 8. The molecule has 28 heavy (non-hydrogen) atoms. The molecule has 3 amide bonds. The zero-order chi connectivity index (χ0) is 20.4. The van der Waals surface area contributed by atoms with Gasteiger partial charge in [-0.3, -0.25) is 19.9 Å². The maximum atomic E-state index is 12.5. The number of benzene rings is 1. The van der Waals surface area contributed by atoms with Gasteiger partial charge in [-0.25, -0.2) is 4.79 Å². The van der Waals surface area contributed by atoms with E-state index in [4.69, 9.17) is 4.74 Å².